The molecule has 2 aromatic carbocycles. The zero-order chi connectivity index (χ0) is 20.7. The van der Waals surface area contributed by atoms with Crippen molar-refractivity contribution in [3.8, 4) is 17.2 Å². The van der Waals surface area contributed by atoms with Gasteiger partial charge in [0.05, 0.1) is 26.9 Å². The summed E-state index contributed by atoms with van der Waals surface area (Å²) in [6.07, 6.45) is -1.10. The zero-order valence-electron chi connectivity index (χ0n) is 16.1. The number of amides is 1. The van der Waals surface area contributed by atoms with Crippen molar-refractivity contribution in [1.82, 2.24) is 5.32 Å². The molecule has 7 nitrogen and oxygen atoms in total. The number of halogens is 1. The molecule has 0 aliphatic rings. The standard InChI is InChI=1S/C20H22FNO6/c1-12(28-20(24)15-7-6-14(25-2)10-16(15)21)19(23)22-11-13-5-8-17(26-3)18(9-13)27-4/h5-10,12H,11H2,1-4H3,(H,22,23)/t12-/m1/s1. The Balaban J connectivity index is 1.95. The smallest absolute Gasteiger partial charge is 0.341 e. The first kappa shape index (κ1) is 21.0. The Bertz CT molecular complexity index is 855. The second-order valence-electron chi connectivity index (χ2n) is 5.80. The van der Waals surface area contributed by atoms with Gasteiger partial charge in [0.15, 0.2) is 17.6 Å². The summed E-state index contributed by atoms with van der Waals surface area (Å²) in [5, 5.41) is 2.65. The Labute approximate surface area is 162 Å². The van der Waals surface area contributed by atoms with Crippen LogP contribution in [-0.2, 0) is 16.1 Å². The van der Waals surface area contributed by atoms with Crippen molar-refractivity contribution >= 4 is 11.9 Å². The number of nitrogens with one attached hydrogen (secondary N) is 1. The number of rotatable bonds is 8. The number of hydrogen-bond acceptors (Lipinski definition) is 6. The first-order chi connectivity index (χ1) is 13.4. The van der Waals surface area contributed by atoms with Crippen LogP contribution in [0, 0.1) is 5.82 Å². The van der Waals surface area contributed by atoms with Crippen LogP contribution >= 0.6 is 0 Å². The third-order valence-corrected chi connectivity index (χ3v) is 3.96. The van der Waals surface area contributed by atoms with Crippen molar-refractivity contribution in [2.45, 2.75) is 19.6 Å². The summed E-state index contributed by atoms with van der Waals surface area (Å²) in [5.41, 5.74) is 0.492. The van der Waals surface area contributed by atoms with E-state index in [9.17, 15) is 14.0 Å². The van der Waals surface area contributed by atoms with Gasteiger partial charge < -0.3 is 24.3 Å². The van der Waals surface area contributed by atoms with Crippen molar-refractivity contribution in [2.24, 2.45) is 0 Å². The predicted molar refractivity (Wildman–Crippen MR) is 99.2 cm³/mol. The Morgan fingerprint density at radius 3 is 2.32 bits per heavy atom. The summed E-state index contributed by atoms with van der Waals surface area (Å²) < 4.78 is 34.2. The molecule has 0 unspecified atom stereocenters. The molecule has 1 atom stereocenters. The monoisotopic (exact) mass is 391 g/mol. The van der Waals surface area contributed by atoms with Gasteiger partial charge in [-0.1, -0.05) is 6.07 Å². The number of carbonyl (C=O) groups is 2. The quantitative estimate of drug-likeness (QED) is 0.697. The van der Waals surface area contributed by atoms with Crippen LogP contribution in [0.25, 0.3) is 0 Å². The maximum absolute atomic E-state index is 13.9. The van der Waals surface area contributed by atoms with E-state index in [1.807, 2.05) is 0 Å². The molecule has 0 radical (unpaired) electrons. The number of ether oxygens (including phenoxy) is 4. The lowest BCUT2D eigenvalue weighted by atomic mass is 10.2. The first-order valence-electron chi connectivity index (χ1n) is 8.42. The van der Waals surface area contributed by atoms with E-state index in [0.717, 1.165) is 11.6 Å². The van der Waals surface area contributed by atoms with E-state index in [1.54, 1.807) is 18.2 Å². The Morgan fingerprint density at radius 2 is 1.71 bits per heavy atom. The van der Waals surface area contributed by atoms with Crippen molar-refractivity contribution < 1.29 is 32.9 Å². The van der Waals surface area contributed by atoms with E-state index in [4.69, 9.17) is 18.9 Å². The summed E-state index contributed by atoms with van der Waals surface area (Å²) in [6, 6.07) is 8.95. The van der Waals surface area contributed by atoms with Crippen molar-refractivity contribution in [3.63, 3.8) is 0 Å². The molecule has 150 valence electrons. The average molecular weight is 391 g/mol. The highest BCUT2D eigenvalue weighted by Crippen LogP contribution is 2.27. The zero-order valence-corrected chi connectivity index (χ0v) is 16.1. The molecule has 8 heteroatoms. The Kier molecular flexibility index (Phi) is 7.20. The highest BCUT2D eigenvalue weighted by atomic mass is 19.1. The molecular formula is C20H22FNO6. The molecule has 1 amide bonds. The molecule has 0 aromatic heterocycles. The van der Waals surface area contributed by atoms with Crippen LogP contribution in [0.3, 0.4) is 0 Å². The predicted octanol–water partition coefficient (Wildman–Crippen LogP) is 2.71. The molecule has 0 heterocycles. The van der Waals surface area contributed by atoms with Crippen LogP contribution < -0.4 is 19.5 Å². The lowest BCUT2D eigenvalue weighted by molar-refractivity contribution is -0.129. The number of carbonyl (C=O) groups excluding carboxylic acids is 2. The second kappa shape index (κ2) is 9.59. The number of esters is 1. The molecule has 0 spiro atoms. The highest BCUT2D eigenvalue weighted by Gasteiger charge is 2.21. The summed E-state index contributed by atoms with van der Waals surface area (Å²) in [7, 11) is 4.43. The second-order valence-corrected chi connectivity index (χ2v) is 5.80. The summed E-state index contributed by atoms with van der Waals surface area (Å²) in [6.45, 7) is 1.60. The molecule has 2 rings (SSSR count). The Morgan fingerprint density at radius 1 is 1.00 bits per heavy atom. The van der Waals surface area contributed by atoms with E-state index >= 15 is 0 Å². The normalized spacial score (nSPS) is 11.3. The van der Waals surface area contributed by atoms with Crippen LogP contribution in [0.5, 0.6) is 17.2 Å². The third-order valence-electron chi connectivity index (χ3n) is 3.96. The summed E-state index contributed by atoms with van der Waals surface area (Å²) >= 11 is 0. The topological polar surface area (TPSA) is 83.1 Å². The van der Waals surface area contributed by atoms with Gasteiger partial charge >= 0.3 is 5.97 Å². The van der Waals surface area contributed by atoms with Gasteiger partial charge in [0.2, 0.25) is 0 Å². The first-order valence-corrected chi connectivity index (χ1v) is 8.42. The molecule has 0 saturated carbocycles. The van der Waals surface area contributed by atoms with Gasteiger partial charge in [-0.25, -0.2) is 9.18 Å². The van der Waals surface area contributed by atoms with E-state index in [1.165, 1.54) is 40.4 Å². The van der Waals surface area contributed by atoms with Gasteiger partial charge in [-0.15, -0.1) is 0 Å². The summed E-state index contributed by atoms with van der Waals surface area (Å²) in [5.74, 6) is -0.867. The lowest BCUT2D eigenvalue weighted by Gasteiger charge is -2.15. The molecule has 0 saturated heterocycles. The average Bonchev–Trinajstić information content (AvgIpc) is 2.71. The van der Waals surface area contributed by atoms with Gasteiger partial charge in [-0.3, -0.25) is 4.79 Å². The number of methoxy groups -OCH3 is 3. The SMILES string of the molecule is COc1ccc(C(=O)O[C@H](C)C(=O)NCc2ccc(OC)c(OC)c2)c(F)c1. The molecule has 2 aromatic rings. The van der Waals surface area contributed by atoms with Crippen LogP contribution in [0.15, 0.2) is 36.4 Å². The molecule has 28 heavy (non-hydrogen) atoms. The van der Waals surface area contributed by atoms with E-state index in [2.05, 4.69) is 5.32 Å². The highest BCUT2D eigenvalue weighted by molar-refractivity contribution is 5.92. The maximum atomic E-state index is 13.9. The molecule has 1 N–H and O–H groups in total. The van der Waals surface area contributed by atoms with Gasteiger partial charge in [-0.05, 0) is 36.8 Å². The fourth-order valence-corrected chi connectivity index (χ4v) is 2.39. The number of benzene rings is 2. The Hall–Kier alpha value is -3.29. The fraction of sp³-hybridized carbons (Fsp3) is 0.300. The maximum Gasteiger partial charge on any atom is 0.341 e. The van der Waals surface area contributed by atoms with E-state index in [-0.39, 0.29) is 17.9 Å². The third kappa shape index (κ3) is 5.12. The summed E-state index contributed by atoms with van der Waals surface area (Å²) in [4.78, 5) is 24.3. The van der Waals surface area contributed by atoms with Gasteiger partial charge in [0.1, 0.15) is 11.6 Å². The largest absolute Gasteiger partial charge is 0.497 e. The van der Waals surface area contributed by atoms with Crippen LogP contribution in [0.2, 0.25) is 0 Å². The minimum Gasteiger partial charge on any atom is -0.497 e. The van der Waals surface area contributed by atoms with Gasteiger partial charge in [-0.2, -0.15) is 0 Å². The molecule has 0 aliphatic carbocycles. The molecule has 0 aliphatic heterocycles. The van der Waals surface area contributed by atoms with E-state index in [0.29, 0.717) is 11.5 Å². The van der Waals surface area contributed by atoms with Crippen molar-refractivity contribution in [3.05, 3.63) is 53.3 Å². The van der Waals surface area contributed by atoms with E-state index < -0.39 is 23.8 Å². The van der Waals surface area contributed by atoms with Gasteiger partial charge in [0.25, 0.3) is 5.91 Å². The molecule has 0 fully saturated rings. The van der Waals surface area contributed by atoms with Gasteiger partial charge in [0, 0.05) is 12.6 Å². The van der Waals surface area contributed by atoms with Crippen LogP contribution in [0.1, 0.15) is 22.8 Å². The molecular weight excluding hydrogens is 369 g/mol. The minimum absolute atomic E-state index is 0.192. The van der Waals surface area contributed by atoms with Crippen molar-refractivity contribution in [2.75, 3.05) is 21.3 Å². The fourth-order valence-electron chi connectivity index (χ4n) is 2.39. The molecule has 0 bridgehead atoms. The minimum atomic E-state index is -1.10. The lowest BCUT2D eigenvalue weighted by Crippen LogP contribution is -2.35. The van der Waals surface area contributed by atoms with Crippen molar-refractivity contribution in [1.29, 1.82) is 0 Å². The number of hydrogen-bond donors (Lipinski definition) is 1. The van der Waals surface area contributed by atoms with Crippen LogP contribution in [0.4, 0.5) is 4.39 Å². The van der Waals surface area contributed by atoms with Crippen LogP contribution in [-0.4, -0.2) is 39.3 Å².